The third kappa shape index (κ3) is 3.57. The number of piperazine rings is 1. The summed E-state index contributed by atoms with van der Waals surface area (Å²) in [5.41, 5.74) is 0.559. The molecule has 1 heterocycles. The Hall–Kier alpha value is -2.08. The Balaban J connectivity index is 2.02. The second-order valence-electron chi connectivity index (χ2n) is 5.27. The number of para-hydroxylation sites is 1. The Kier molecular flexibility index (Phi) is 5.38. The number of carbonyl (C=O) groups excluding carboxylic acids is 1. The van der Waals surface area contributed by atoms with E-state index in [1.54, 1.807) is 24.0 Å². The van der Waals surface area contributed by atoms with Crippen LogP contribution in [0.3, 0.4) is 0 Å². The van der Waals surface area contributed by atoms with Gasteiger partial charge in [-0.1, -0.05) is 12.1 Å². The predicted molar refractivity (Wildman–Crippen MR) is 82.2 cm³/mol. The van der Waals surface area contributed by atoms with Crippen molar-refractivity contribution in [3.05, 3.63) is 29.8 Å². The van der Waals surface area contributed by atoms with Gasteiger partial charge in [0.1, 0.15) is 11.8 Å². The van der Waals surface area contributed by atoms with Gasteiger partial charge in [-0.15, -0.1) is 0 Å². The monoisotopic (exact) mass is 306 g/mol. The number of hydrogen-bond acceptors (Lipinski definition) is 4. The van der Waals surface area contributed by atoms with E-state index in [-0.39, 0.29) is 5.91 Å². The Labute approximate surface area is 130 Å². The van der Waals surface area contributed by atoms with Gasteiger partial charge >= 0.3 is 5.97 Å². The minimum Gasteiger partial charge on any atom is -0.493 e. The Morgan fingerprint density at radius 3 is 2.45 bits per heavy atom. The molecule has 6 heteroatoms. The number of carbonyl (C=O) groups is 2. The lowest BCUT2D eigenvalue weighted by Crippen LogP contribution is -2.53. The number of ether oxygens (including phenoxy) is 1. The van der Waals surface area contributed by atoms with E-state index in [2.05, 4.69) is 0 Å². The van der Waals surface area contributed by atoms with Crippen LogP contribution in [0.2, 0.25) is 0 Å². The molecule has 2 rings (SSSR count). The summed E-state index contributed by atoms with van der Waals surface area (Å²) in [5, 5.41) is 9.04. The van der Waals surface area contributed by atoms with Crippen molar-refractivity contribution in [1.82, 2.24) is 9.80 Å². The first-order valence-electron chi connectivity index (χ1n) is 7.52. The molecule has 22 heavy (non-hydrogen) atoms. The molecule has 1 aliphatic rings. The van der Waals surface area contributed by atoms with Gasteiger partial charge in [0.15, 0.2) is 0 Å². The van der Waals surface area contributed by atoms with E-state index in [4.69, 9.17) is 9.84 Å². The van der Waals surface area contributed by atoms with Crippen molar-refractivity contribution >= 4 is 11.9 Å². The summed E-state index contributed by atoms with van der Waals surface area (Å²) in [6.45, 7) is 6.24. The van der Waals surface area contributed by atoms with Crippen molar-refractivity contribution in [2.24, 2.45) is 0 Å². The molecule has 1 aromatic carbocycles. The highest BCUT2D eigenvalue weighted by Crippen LogP contribution is 2.21. The summed E-state index contributed by atoms with van der Waals surface area (Å²) >= 11 is 0. The van der Waals surface area contributed by atoms with Crippen LogP contribution in [-0.2, 0) is 4.79 Å². The van der Waals surface area contributed by atoms with E-state index in [9.17, 15) is 9.59 Å². The highest BCUT2D eigenvalue weighted by atomic mass is 16.5. The van der Waals surface area contributed by atoms with Crippen LogP contribution in [0.25, 0.3) is 0 Å². The molecule has 1 atom stereocenters. The average molecular weight is 306 g/mol. The number of carboxylic acids is 1. The number of benzene rings is 1. The maximum Gasteiger partial charge on any atom is 0.320 e. The quantitative estimate of drug-likeness (QED) is 0.888. The molecule has 1 aromatic rings. The van der Waals surface area contributed by atoms with Crippen LogP contribution in [0.5, 0.6) is 5.75 Å². The highest BCUT2D eigenvalue weighted by Gasteiger charge is 2.28. The molecule has 1 fully saturated rings. The first-order valence-corrected chi connectivity index (χ1v) is 7.52. The maximum atomic E-state index is 12.6. The molecule has 0 spiro atoms. The smallest absolute Gasteiger partial charge is 0.320 e. The number of rotatable bonds is 5. The maximum absolute atomic E-state index is 12.6. The molecule has 1 amide bonds. The van der Waals surface area contributed by atoms with Gasteiger partial charge in [-0.3, -0.25) is 14.5 Å². The van der Waals surface area contributed by atoms with Gasteiger partial charge in [-0.25, -0.2) is 0 Å². The fourth-order valence-corrected chi connectivity index (χ4v) is 2.56. The molecule has 0 unspecified atom stereocenters. The van der Waals surface area contributed by atoms with Gasteiger partial charge in [0.05, 0.1) is 12.2 Å². The Morgan fingerprint density at radius 1 is 1.23 bits per heavy atom. The summed E-state index contributed by atoms with van der Waals surface area (Å²) in [4.78, 5) is 27.3. The van der Waals surface area contributed by atoms with Crippen LogP contribution in [-0.4, -0.2) is 65.6 Å². The van der Waals surface area contributed by atoms with Crippen LogP contribution < -0.4 is 4.74 Å². The van der Waals surface area contributed by atoms with Crippen LogP contribution in [0, 0.1) is 0 Å². The Bertz CT molecular complexity index is 539. The van der Waals surface area contributed by atoms with Crippen LogP contribution in [0.4, 0.5) is 0 Å². The lowest BCUT2D eigenvalue weighted by Gasteiger charge is -2.36. The van der Waals surface area contributed by atoms with E-state index in [1.807, 2.05) is 24.0 Å². The number of amides is 1. The lowest BCUT2D eigenvalue weighted by atomic mass is 10.1. The van der Waals surface area contributed by atoms with Crippen molar-refractivity contribution in [2.45, 2.75) is 19.9 Å². The van der Waals surface area contributed by atoms with Gasteiger partial charge in [0, 0.05) is 26.2 Å². The fraction of sp³-hybridized carbons (Fsp3) is 0.500. The summed E-state index contributed by atoms with van der Waals surface area (Å²) in [7, 11) is 0. The SMILES string of the molecule is CCOc1ccccc1C(=O)N1CCN([C@@H](C)C(=O)O)CC1. The molecular formula is C16H22N2O4. The summed E-state index contributed by atoms with van der Waals surface area (Å²) in [6, 6.07) is 6.69. The zero-order chi connectivity index (χ0) is 16.1. The van der Waals surface area contributed by atoms with Crippen LogP contribution >= 0.6 is 0 Å². The minimum absolute atomic E-state index is 0.0633. The van der Waals surface area contributed by atoms with Crippen LogP contribution in [0.15, 0.2) is 24.3 Å². The third-order valence-corrected chi connectivity index (χ3v) is 3.92. The number of nitrogens with zero attached hydrogens (tertiary/aromatic N) is 2. The number of aliphatic carboxylic acids is 1. The average Bonchev–Trinajstić information content (AvgIpc) is 2.54. The van der Waals surface area contributed by atoms with Crippen molar-refractivity contribution in [1.29, 1.82) is 0 Å². The number of carboxylic acid groups (broad SMARTS) is 1. The van der Waals surface area contributed by atoms with Crippen molar-refractivity contribution in [3.8, 4) is 5.75 Å². The Morgan fingerprint density at radius 2 is 1.86 bits per heavy atom. The second kappa shape index (κ2) is 7.26. The largest absolute Gasteiger partial charge is 0.493 e. The van der Waals surface area contributed by atoms with Gasteiger partial charge in [0.2, 0.25) is 0 Å². The van der Waals surface area contributed by atoms with Crippen molar-refractivity contribution < 1.29 is 19.4 Å². The van der Waals surface area contributed by atoms with E-state index in [0.717, 1.165) is 0 Å². The van der Waals surface area contributed by atoms with Gasteiger partial charge in [-0.2, -0.15) is 0 Å². The summed E-state index contributed by atoms with van der Waals surface area (Å²) < 4.78 is 5.50. The molecule has 0 aromatic heterocycles. The van der Waals surface area contributed by atoms with E-state index >= 15 is 0 Å². The molecule has 1 N–H and O–H groups in total. The van der Waals surface area contributed by atoms with Crippen molar-refractivity contribution in [2.75, 3.05) is 32.8 Å². The summed E-state index contributed by atoms with van der Waals surface area (Å²) in [6.07, 6.45) is 0. The molecule has 0 aliphatic carbocycles. The van der Waals surface area contributed by atoms with E-state index in [0.29, 0.717) is 44.1 Å². The van der Waals surface area contributed by atoms with E-state index < -0.39 is 12.0 Å². The third-order valence-electron chi connectivity index (χ3n) is 3.92. The normalized spacial score (nSPS) is 17.1. The highest BCUT2D eigenvalue weighted by molar-refractivity contribution is 5.97. The fourth-order valence-electron chi connectivity index (χ4n) is 2.56. The molecule has 6 nitrogen and oxygen atoms in total. The molecule has 120 valence electrons. The second-order valence-corrected chi connectivity index (χ2v) is 5.27. The van der Waals surface area contributed by atoms with Crippen molar-refractivity contribution in [3.63, 3.8) is 0 Å². The number of hydrogen-bond donors (Lipinski definition) is 1. The zero-order valence-corrected chi connectivity index (χ0v) is 13.0. The zero-order valence-electron chi connectivity index (χ0n) is 13.0. The molecule has 1 aliphatic heterocycles. The summed E-state index contributed by atoms with van der Waals surface area (Å²) in [5.74, 6) is -0.301. The lowest BCUT2D eigenvalue weighted by molar-refractivity contribution is -0.143. The van der Waals surface area contributed by atoms with E-state index in [1.165, 1.54) is 0 Å². The molecule has 0 saturated carbocycles. The molecule has 0 radical (unpaired) electrons. The molecular weight excluding hydrogens is 284 g/mol. The first kappa shape index (κ1) is 16.3. The predicted octanol–water partition coefficient (Wildman–Crippen LogP) is 1.32. The minimum atomic E-state index is -0.832. The van der Waals surface area contributed by atoms with Crippen LogP contribution in [0.1, 0.15) is 24.2 Å². The molecule has 0 bridgehead atoms. The molecule has 1 saturated heterocycles. The van der Waals surface area contributed by atoms with Gasteiger partial charge in [-0.05, 0) is 26.0 Å². The first-order chi connectivity index (χ1) is 10.5. The van der Waals surface area contributed by atoms with Gasteiger partial charge < -0.3 is 14.7 Å². The topological polar surface area (TPSA) is 70.1 Å². The van der Waals surface area contributed by atoms with Gasteiger partial charge in [0.25, 0.3) is 5.91 Å². The standard InChI is InChI=1S/C16H22N2O4/c1-3-22-14-7-5-4-6-13(14)15(19)18-10-8-17(9-11-18)12(2)16(20)21/h4-7,12H,3,8-11H2,1-2H3,(H,20,21)/t12-/m0/s1.